The number of rotatable bonds is 7. The lowest BCUT2D eigenvalue weighted by Crippen LogP contribution is -2.38. The molecule has 2 aromatic carbocycles. The zero-order chi connectivity index (χ0) is 22.4. The molecule has 3 rings (SSSR count). The first kappa shape index (κ1) is 22.5. The van der Waals surface area contributed by atoms with Crippen LogP contribution in [0.25, 0.3) is 0 Å². The van der Waals surface area contributed by atoms with Crippen molar-refractivity contribution < 1.29 is 19.1 Å². The molecular weight excluding hydrogens is 416 g/mol. The van der Waals surface area contributed by atoms with E-state index in [1.807, 2.05) is 18.2 Å². The van der Waals surface area contributed by atoms with Crippen molar-refractivity contribution in [1.82, 2.24) is 4.90 Å². The van der Waals surface area contributed by atoms with Crippen LogP contribution in [0, 0.1) is 11.3 Å². The molecule has 1 heterocycles. The summed E-state index contributed by atoms with van der Waals surface area (Å²) < 4.78 is 10.4. The number of nitriles is 1. The largest absolute Gasteiger partial charge is 0.460 e. The zero-order valence-electron chi connectivity index (χ0n) is 17.4. The number of hydrogen-bond donors (Lipinski definition) is 0. The van der Waals surface area contributed by atoms with Crippen LogP contribution in [0.1, 0.15) is 36.0 Å². The molecule has 1 unspecified atom stereocenters. The Morgan fingerprint density at radius 2 is 1.97 bits per heavy atom. The highest BCUT2D eigenvalue weighted by molar-refractivity contribution is 6.30. The summed E-state index contributed by atoms with van der Waals surface area (Å²) in [7, 11) is 1.53. The van der Waals surface area contributed by atoms with E-state index in [1.54, 1.807) is 42.2 Å². The third-order valence-electron chi connectivity index (χ3n) is 5.23. The fourth-order valence-corrected chi connectivity index (χ4v) is 3.79. The van der Waals surface area contributed by atoms with Crippen LogP contribution in [0.5, 0.6) is 0 Å². The van der Waals surface area contributed by atoms with Crippen LogP contribution in [-0.4, -0.2) is 37.1 Å². The quantitative estimate of drug-likeness (QED) is 0.478. The highest BCUT2D eigenvalue weighted by Crippen LogP contribution is 2.38. The normalized spacial score (nSPS) is 16.3. The molecule has 0 bridgehead atoms. The molecule has 0 aromatic heterocycles. The van der Waals surface area contributed by atoms with Gasteiger partial charge in [-0.2, -0.15) is 5.26 Å². The van der Waals surface area contributed by atoms with E-state index in [9.17, 15) is 9.59 Å². The molecule has 1 aliphatic rings. The minimum atomic E-state index is -0.474. The maximum atomic E-state index is 13.1. The highest BCUT2D eigenvalue weighted by Gasteiger charge is 2.37. The average Bonchev–Trinajstić information content (AvgIpc) is 2.77. The Morgan fingerprint density at radius 3 is 2.65 bits per heavy atom. The molecule has 0 saturated heterocycles. The first-order chi connectivity index (χ1) is 14.9. The van der Waals surface area contributed by atoms with Gasteiger partial charge in [0, 0.05) is 30.2 Å². The predicted molar refractivity (Wildman–Crippen MR) is 116 cm³/mol. The van der Waals surface area contributed by atoms with Crippen LogP contribution >= 0.6 is 11.6 Å². The van der Waals surface area contributed by atoms with E-state index < -0.39 is 11.9 Å². The van der Waals surface area contributed by atoms with Crippen LogP contribution in [-0.2, 0) is 25.6 Å². The summed E-state index contributed by atoms with van der Waals surface area (Å²) >= 11 is 6.01. The van der Waals surface area contributed by atoms with Crippen LogP contribution in [0.15, 0.2) is 59.8 Å². The molecule has 0 saturated carbocycles. The first-order valence-electron chi connectivity index (χ1n) is 9.86. The maximum Gasteiger partial charge on any atom is 0.336 e. The van der Waals surface area contributed by atoms with Gasteiger partial charge in [-0.15, -0.1) is 0 Å². The van der Waals surface area contributed by atoms with E-state index in [4.69, 9.17) is 26.3 Å². The van der Waals surface area contributed by atoms with Crippen molar-refractivity contribution in [3.05, 3.63) is 81.5 Å². The topological polar surface area (TPSA) is 79.6 Å². The maximum absolute atomic E-state index is 13.1. The van der Waals surface area contributed by atoms with Gasteiger partial charge in [0.15, 0.2) is 0 Å². The summed E-state index contributed by atoms with van der Waals surface area (Å²) in [6, 6.07) is 16.3. The number of ether oxygens (including phenoxy) is 2. The monoisotopic (exact) mass is 438 g/mol. The van der Waals surface area contributed by atoms with Crippen molar-refractivity contribution in [3.63, 3.8) is 0 Å². The molecule has 1 aliphatic heterocycles. The minimum absolute atomic E-state index is 0.103. The third kappa shape index (κ3) is 5.32. The SMILES string of the molecule is COCCOC(=O)C1=C(C)N(Cc2cccc(C#N)c2)C(=O)CC1c1ccc(Cl)cc1. The fraction of sp³-hybridized carbons (Fsp3) is 0.292. The molecule has 160 valence electrons. The smallest absolute Gasteiger partial charge is 0.336 e. The van der Waals surface area contributed by atoms with Crippen LogP contribution < -0.4 is 0 Å². The molecule has 6 nitrogen and oxygen atoms in total. The Hall–Kier alpha value is -3.14. The summed E-state index contributed by atoms with van der Waals surface area (Å²) in [6.07, 6.45) is 0.131. The van der Waals surface area contributed by atoms with Gasteiger partial charge in [-0.1, -0.05) is 35.9 Å². The molecule has 0 N–H and O–H groups in total. The molecule has 0 fully saturated rings. The van der Waals surface area contributed by atoms with E-state index in [2.05, 4.69) is 6.07 Å². The van der Waals surface area contributed by atoms with Gasteiger partial charge in [0.05, 0.1) is 30.4 Å². The van der Waals surface area contributed by atoms with Crippen molar-refractivity contribution in [1.29, 1.82) is 5.26 Å². The number of carbonyl (C=O) groups excluding carboxylic acids is 2. The van der Waals surface area contributed by atoms with E-state index in [1.165, 1.54) is 7.11 Å². The van der Waals surface area contributed by atoms with E-state index in [-0.39, 0.29) is 32.1 Å². The number of halogens is 1. The Kier molecular flexibility index (Phi) is 7.45. The molecule has 31 heavy (non-hydrogen) atoms. The Balaban J connectivity index is 1.98. The number of hydrogen-bond acceptors (Lipinski definition) is 5. The first-order valence-corrected chi connectivity index (χ1v) is 10.2. The van der Waals surface area contributed by atoms with Gasteiger partial charge in [-0.05, 0) is 42.3 Å². The third-order valence-corrected chi connectivity index (χ3v) is 5.48. The van der Waals surface area contributed by atoms with Crippen LogP contribution in [0.2, 0.25) is 5.02 Å². The average molecular weight is 439 g/mol. The van der Waals surface area contributed by atoms with Gasteiger partial charge in [0.25, 0.3) is 0 Å². The molecular formula is C24H23ClN2O4. The predicted octanol–water partition coefficient (Wildman–Crippen LogP) is 4.19. The molecule has 1 amide bonds. The van der Waals surface area contributed by atoms with E-state index in [0.29, 0.717) is 21.9 Å². The van der Waals surface area contributed by atoms with Crippen molar-refractivity contribution in [2.75, 3.05) is 20.3 Å². The van der Waals surface area contributed by atoms with Crippen LogP contribution in [0.4, 0.5) is 0 Å². The summed E-state index contributed by atoms with van der Waals surface area (Å²) in [5, 5.41) is 9.73. The standard InChI is InChI=1S/C24H23ClN2O4/c1-16-23(24(29)31-11-10-30-2)21(19-6-8-20(25)9-7-19)13-22(28)27(16)15-18-5-3-4-17(12-18)14-26/h3-9,12,21H,10-11,13,15H2,1-2H3. The second-order valence-electron chi connectivity index (χ2n) is 7.23. The molecule has 0 spiro atoms. The van der Waals surface area contributed by atoms with Gasteiger partial charge in [0.2, 0.25) is 5.91 Å². The molecule has 0 aliphatic carbocycles. The summed E-state index contributed by atoms with van der Waals surface area (Å²) in [5.41, 5.74) is 3.13. The lowest BCUT2D eigenvalue weighted by Gasteiger charge is -2.34. The fourth-order valence-electron chi connectivity index (χ4n) is 3.67. The Morgan fingerprint density at radius 1 is 1.23 bits per heavy atom. The lowest BCUT2D eigenvalue weighted by atomic mass is 9.83. The van der Waals surface area contributed by atoms with Crippen LogP contribution in [0.3, 0.4) is 0 Å². The Bertz CT molecular complexity index is 1040. The molecule has 7 heteroatoms. The van der Waals surface area contributed by atoms with Gasteiger partial charge in [-0.25, -0.2) is 4.79 Å². The summed E-state index contributed by atoms with van der Waals surface area (Å²) in [6.45, 7) is 2.42. The Labute approximate surface area is 186 Å². The lowest BCUT2D eigenvalue weighted by molar-refractivity contribution is -0.141. The minimum Gasteiger partial charge on any atom is -0.460 e. The van der Waals surface area contributed by atoms with Gasteiger partial charge in [-0.3, -0.25) is 4.79 Å². The van der Waals surface area contributed by atoms with Crippen molar-refractivity contribution in [2.24, 2.45) is 0 Å². The summed E-state index contributed by atoms with van der Waals surface area (Å²) in [4.78, 5) is 27.6. The molecule has 0 radical (unpaired) electrons. The van der Waals surface area contributed by atoms with Crippen molar-refractivity contribution in [2.45, 2.75) is 25.8 Å². The van der Waals surface area contributed by atoms with Gasteiger partial charge in [0.1, 0.15) is 6.61 Å². The van der Waals surface area contributed by atoms with Gasteiger partial charge < -0.3 is 14.4 Å². The summed E-state index contributed by atoms with van der Waals surface area (Å²) in [5.74, 6) is -1.01. The highest BCUT2D eigenvalue weighted by atomic mass is 35.5. The number of benzene rings is 2. The zero-order valence-corrected chi connectivity index (χ0v) is 18.2. The molecule has 2 aromatic rings. The second-order valence-corrected chi connectivity index (χ2v) is 7.66. The molecule has 1 atom stereocenters. The number of carbonyl (C=O) groups is 2. The van der Waals surface area contributed by atoms with E-state index >= 15 is 0 Å². The van der Waals surface area contributed by atoms with Crippen molar-refractivity contribution in [3.8, 4) is 6.07 Å². The number of esters is 1. The number of allylic oxidation sites excluding steroid dienone is 1. The number of nitrogens with zero attached hydrogens (tertiary/aromatic N) is 2. The van der Waals surface area contributed by atoms with E-state index in [0.717, 1.165) is 11.1 Å². The number of methoxy groups -OCH3 is 1. The van der Waals surface area contributed by atoms with Gasteiger partial charge >= 0.3 is 5.97 Å². The number of amides is 1. The van der Waals surface area contributed by atoms with Crippen molar-refractivity contribution >= 4 is 23.5 Å². The second kappa shape index (κ2) is 10.3.